The van der Waals surface area contributed by atoms with E-state index < -0.39 is 0 Å². The molecule has 0 fully saturated rings. The maximum absolute atomic E-state index is 5.55. The van der Waals surface area contributed by atoms with Gasteiger partial charge in [-0.25, -0.2) is 4.98 Å². The Morgan fingerprint density at radius 1 is 1.27 bits per heavy atom. The van der Waals surface area contributed by atoms with E-state index in [4.69, 9.17) is 4.74 Å². The molecule has 0 amide bonds. The van der Waals surface area contributed by atoms with Crippen LogP contribution < -0.4 is 4.74 Å². The maximum atomic E-state index is 5.55. The highest BCUT2D eigenvalue weighted by Gasteiger charge is 2.12. The lowest BCUT2D eigenvalue weighted by molar-refractivity contribution is 0.277. The zero-order valence-corrected chi connectivity index (χ0v) is 10.3. The summed E-state index contributed by atoms with van der Waals surface area (Å²) in [6.45, 7) is 0.801. The smallest absolute Gasteiger partial charge is 0.217 e. The zero-order chi connectivity index (χ0) is 10.3. The Balaban J connectivity index is 2.26. The molecule has 2 nitrogen and oxygen atoms in total. The largest absolute Gasteiger partial charge is 0.477 e. The molecule has 0 saturated carbocycles. The van der Waals surface area contributed by atoms with Crippen LogP contribution in [0.4, 0.5) is 0 Å². The number of fused-ring (bicyclic) bond motifs is 2. The van der Waals surface area contributed by atoms with Crippen LogP contribution >= 0.6 is 22.6 Å². The summed E-state index contributed by atoms with van der Waals surface area (Å²) in [7, 11) is 0. The molecule has 0 radical (unpaired) electrons. The van der Waals surface area contributed by atoms with Gasteiger partial charge in [-0.3, -0.25) is 0 Å². The molecule has 0 bridgehead atoms. The number of benzene rings is 1. The standard InChI is InChI=1S/C12H10INO/c13-10-3-4-11-9(7-10)6-8-2-1-5-15-12(8)14-11/h3-4,6-7H,1-2,5H2. The molecule has 0 aliphatic carbocycles. The lowest BCUT2D eigenvalue weighted by Crippen LogP contribution is -2.09. The van der Waals surface area contributed by atoms with Gasteiger partial charge in [0.25, 0.3) is 0 Å². The first-order valence-corrected chi connectivity index (χ1v) is 6.13. The van der Waals surface area contributed by atoms with Gasteiger partial charge in [0.2, 0.25) is 5.88 Å². The van der Waals surface area contributed by atoms with Crippen LogP contribution in [0.5, 0.6) is 5.88 Å². The van der Waals surface area contributed by atoms with E-state index in [1.165, 1.54) is 14.5 Å². The number of halogens is 1. The monoisotopic (exact) mass is 311 g/mol. The molecule has 1 aromatic carbocycles. The third-order valence-electron chi connectivity index (χ3n) is 2.65. The van der Waals surface area contributed by atoms with Gasteiger partial charge in [-0.05, 0) is 59.7 Å². The molecule has 1 aromatic heterocycles. The van der Waals surface area contributed by atoms with Crippen molar-refractivity contribution in [3.63, 3.8) is 0 Å². The van der Waals surface area contributed by atoms with Crippen molar-refractivity contribution in [2.24, 2.45) is 0 Å². The average Bonchev–Trinajstić information content (AvgIpc) is 2.26. The molecule has 0 atom stereocenters. The van der Waals surface area contributed by atoms with E-state index in [2.05, 4.69) is 51.8 Å². The summed E-state index contributed by atoms with van der Waals surface area (Å²) in [5.74, 6) is 0.829. The molecule has 3 rings (SSSR count). The lowest BCUT2D eigenvalue weighted by Gasteiger charge is -2.16. The highest BCUT2D eigenvalue weighted by atomic mass is 127. The number of hydrogen-bond donors (Lipinski definition) is 0. The van der Waals surface area contributed by atoms with Crippen LogP contribution in [0.2, 0.25) is 0 Å². The molecule has 0 N–H and O–H groups in total. The molecule has 0 spiro atoms. The second kappa shape index (κ2) is 3.63. The predicted octanol–water partition coefficient (Wildman–Crippen LogP) is 3.16. The van der Waals surface area contributed by atoms with Crippen molar-refractivity contribution in [1.82, 2.24) is 4.98 Å². The van der Waals surface area contributed by atoms with Crippen LogP contribution in [0.15, 0.2) is 24.3 Å². The molecule has 0 unspecified atom stereocenters. The number of pyridine rings is 1. The number of aromatic nitrogens is 1. The van der Waals surface area contributed by atoms with Crippen molar-refractivity contribution in [3.8, 4) is 5.88 Å². The van der Waals surface area contributed by atoms with Crippen molar-refractivity contribution < 1.29 is 4.74 Å². The van der Waals surface area contributed by atoms with Crippen LogP contribution in [0, 0.1) is 3.57 Å². The fourth-order valence-electron chi connectivity index (χ4n) is 1.91. The summed E-state index contributed by atoms with van der Waals surface area (Å²) in [6, 6.07) is 8.50. The third-order valence-corrected chi connectivity index (χ3v) is 3.32. The number of nitrogens with zero attached hydrogens (tertiary/aromatic N) is 1. The quantitative estimate of drug-likeness (QED) is 0.697. The summed E-state index contributed by atoms with van der Waals surface area (Å²) in [5, 5.41) is 1.21. The molecule has 2 heterocycles. The summed E-state index contributed by atoms with van der Waals surface area (Å²) in [4.78, 5) is 4.53. The number of hydrogen-bond acceptors (Lipinski definition) is 2. The maximum Gasteiger partial charge on any atom is 0.217 e. The Morgan fingerprint density at radius 2 is 2.20 bits per heavy atom. The minimum atomic E-state index is 0.801. The van der Waals surface area contributed by atoms with Gasteiger partial charge in [0, 0.05) is 14.5 Å². The normalized spacial score (nSPS) is 14.7. The van der Waals surface area contributed by atoms with Crippen molar-refractivity contribution >= 4 is 33.5 Å². The topological polar surface area (TPSA) is 22.1 Å². The van der Waals surface area contributed by atoms with Gasteiger partial charge in [-0.15, -0.1) is 0 Å². The molecule has 0 saturated heterocycles. The summed E-state index contributed by atoms with van der Waals surface area (Å²) in [6.07, 6.45) is 2.19. The molecular formula is C12H10INO. The second-order valence-electron chi connectivity index (χ2n) is 3.74. The Kier molecular flexibility index (Phi) is 2.27. The number of rotatable bonds is 0. The van der Waals surface area contributed by atoms with Gasteiger partial charge < -0.3 is 4.74 Å². The SMILES string of the molecule is Ic1ccc2nc3c(cc2c1)CCCO3. The van der Waals surface area contributed by atoms with Crippen LogP contribution in [0.1, 0.15) is 12.0 Å². The first kappa shape index (κ1) is 9.39. The molecule has 2 aromatic rings. The summed E-state index contributed by atoms with van der Waals surface area (Å²) < 4.78 is 6.80. The van der Waals surface area contributed by atoms with E-state index in [1.54, 1.807) is 0 Å². The van der Waals surface area contributed by atoms with Crippen molar-refractivity contribution in [2.75, 3.05) is 6.61 Å². The van der Waals surface area contributed by atoms with E-state index >= 15 is 0 Å². The highest BCUT2D eigenvalue weighted by molar-refractivity contribution is 14.1. The molecule has 15 heavy (non-hydrogen) atoms. The molecule has 3 heteroatoms. The zero-order valence-electron chi connectivity index (χ0n) is 8.16. The highest BCUT2D eigenvalue weighted by Crippen LogP contribution is 2.27. The predicted molar refractivity (Wildman–Crippen MR) is 68.3 cm³/mol. The Hall–Kier alpha value is -0.840. The van der Waals surface area contributed by atoms with Gasteiger partial charge in [0.15, 0.2) is 0 Å². The fraction of sp³-hybridized carbons (Fsp3) is 0.250. The minimum absolute atomic E-state index is 0.801. The first-order chi connectivity index (χ1) is 7.33. The first-order valence-electron chi connectivity index (χ1n) is 5.05. The van der Waals surface area contributed by atoms with E-state index in [9.17, 15) is 0 Å². The van der Waals surface area contributed by atoms with Gasteiger partial charge >= 0.3 is 0 Å². The van der Waals surface area contributed by atoms with Crippen LogP contribution in [0.3, 0.4) is 0 Å². The second-order valence-corrected chi connectivity index (χ2v) is 4.99. The summed E-state index contributed by atoms with van der Waals surface area (Å²) >= 11 is 2.32. The molecule has 1 aliphatic rings. The van der Waals surface area contributed by atoms with Crippen molar-refractivity contribution in [1.29, 1.82) is 0 Å². The van der Waals surface area contributed by atoms with Gasteiger partial charge in [0.05, 0.1) is 12.1 Å². The lowest BCUT2D eigenvalue weighted by atomic mass is 10.1. The summed E-state index contributed by atoms with van der Waals surface area (Å²) in [5.41, 5.74) is 2.27. The van der Waals surface area contributed by atoms with Crippen LogP contribution in [-0.4, -0.2) is 11.6 Å². The third kappa shape index (κ3) is 1.69. The Morgan fingerprint density at radius 3 is 3.13 bits per heavy atom. The Labute approximate surface area is 102 Å². The molecular weight excluding hydrogens is 301 g/mol. The average molecular weight is 311 g/mol. The van der Waals surface area contributed by atoms with Gasteiger partial charge in [0.1, 0.15) is 0 Å². The van der Waals surface area contributed by atoms with Crippen molar-refractivity contribution in [3.05, 3.63) is 33.4 Å². The van der Waals surface area contributed by atoms with Crippen LogP contribution in [-0.2, 0) is 6.42 Å². The molecule has 1 aliphatic heterocycles. The van der Waals surface area contributed by atoms with Crippen molar-refractivity contribution in [2.45, 2.75) is 12.8 Å². The fourth-order valence-corrected chi connectivity index (χ4v) is 2.42. The van der Waals surface area contributed by atoms with E-state index in [-0.39, 0.29) is 0 Å². The van der Waals surface area contributed by atoms with E-state index in [1.807, 2.05) is 0 Å². The van der Waals surface area contributed by atoms with E-state index in [0.717, 1.165) is 30.8 Å². The minimum Gasteiger partial charge on any atom is -0.477 e. The number of aryl methyl sites for hydroxylation is 1. The number of ether oxygens (including phenoxy) is 1. The van der Waals surface area contributed by atoms with Gasteiger partial charge in [-0.1, -0.05) is 0 Å². The van der Waals surface area contributed by atoms with E-state index in [0.29, 0.717) is 0 Å². The molecule has 76 valence electrons. The van der Waals surface area contributed by atoms with Crippen LogP contribution in [0.25, 0.3) is 10.9 Å². The Bertz CT molecular complexity index is 524. The van der Waals surface area contributed by atoms with Gasteiger partial charge in [-0.2, -0.15) is 0 Å².